The Balaban J connectivity index is 2.94. The Morgan fingerprint density at radius 2 is 1.84 bits per heavy atom. The van der Waals surface area contributed by atoms with Gasteiger partial charge in [0.1, 0.15) is 0 Å². The monoisotopic (exact) mass is 269 g/mol. The first-order valence-corrected chi connectivity index (χ1v) is 7.06. The van der Waals surface area contributed by atoms with Crippen molar-refractivity contribution < 1.29 is 9.59 Å². The third-order valence-electron chi connectivity index (χ3n) is 4.60. The first kappa shape index (κ1) is 16.1. The Morgan fingerprint density at radius 3 is 2.26 bits per heavy atom. The molecule has 1 heterocycles. The van der Waals surface area contributed by atoms with Crippen molar-refractivity contribution in [3.8, 4) is 0 Å². The maximum Gasteiger partial charge on any atom is 0.210 e. The maximum absolute atomic E-state index is 12.6. The van der Waals surface area contributed by atoms with Gasteiger partial charge in [0.2, 0.25) is 6.41 Å². The number of hydrogen-bond donors (Lipinski definition) is 2. The van der Waals surface area contributed by atoms with Crippen LogP contribution >= 0.6 is 0 Å². The standard InChI is InChI=1S/C14H27N3O2/c1-9(2)14(16,10(3)4)13(15)12(19)11-6-5-7-17(11)8-18/h8-11,13H,5-7,15-16H2,1-4H3/t11-,13+/m0/s1. The number of rotatable bonds is 6. The highest BCUT2D eigenvalue weighted by atomic mass is 16.2. The Bertz CT molecular complexity index is 334. The van der Waals surface area contributed by atoms with Crippen molar-refractivity contribution in [2.45, 2.75) is 58.2 Å². The van der Waals surface area contributed by atoms with Crippen LogP contribution < -0.4 is 11.5 Å². The van der Waals surface area contributed by atoms with Crippen LogP contribution in [0.1, 0.15) is 40.5 Å². The molecule has 0 saturated carbocycles. The van der Waals surface area contributed by atoms with Crippen molar-refractivity contribution in [1.29, 1.82) is 0 Å². The van der Waals surface area contributed by atoms with E-state index in [4.69, 9.17) is 11.5 Å². The smallest absolute Gasteiger partial charge is 0.210 e. The van der Waals surface area contributed by atoms with E-state index in [1.165, 1.54) is 0 Å². The van der Waals surface area contributed by atoms with E-state index in [1.54, 1.807) is 4.90 Å². The van der Waals surface area contributed by atoms with Gasteiger partial charge in [-0.25, -0.2) is 0 Å². The van der Waals surface area contributed by atoms with Gasteiger partial charge < -0.3 is 16.4 Å². The normalized spacial score (nSPS) is 22.1. The van der Waals surface area contributed by atoms with Crippen LogP contribution in [0.2, 0.25) is 0 Å². The summed E-state index contributed by atoms with van der Waals surface area (Å²) in [6.07, 6.45) is 2.28. The number of nitrogens with zero attached hydrogens (tertiary/aromatic N) is 1. The van der Waals surface area contributed by atoms with Gasteiger partial charge in [-0.05, 0) is 24.7 Å². The first-order valence-electron chi connectivity index (χ1n) is 7.06. The molecule has 4 N–H and O–H groups in total. The molecule has 0 aromatic heterocycles. The van der Waals surface area contributed by atoms with Crippen LogP contribution in [0, 0.1) is 11.8 Å². The van der Waals surface area contributed by atoms with E-state index < -0.39 is 17.6 Å². The molecule has 5 nitrogen and oxygen atoms in total. The number of amides is 1. The second-order valence-electron chi connectivity index (χ2n) is 6.19. The fourth-order valence-electron chi connectivity index (χ4n) is 3.06. The minimum atomic E-state index is -0.742. The lowest BCUT2D eigenvalue weighted by atomic mass is 9.70. The largest absolute Gasteiger partial charge is 0.335 e. The molecule has 2 atom stereocenters. The number of carbonyl (C=O) groups is 2. The van der Waals surface area contributed by atoms with Crippen LogP contribution in [-0.2, 0) is 9.59 Å². The van der Waals surface area contributed by atoms with Gasteiger partial charge in [0, 0.05) is 12.1 Å². The minimum Gasteiger partial charge on any atom is -0.335 e. The second-order valence-corrected chi connectivity index (χ2v) is 6.19. The lowest BCUT2D eigenvalue weighted by Gasteiger charge is -2.43. The molecule has 1 aliphatic rings. The average Bonchev–Trinajstić information content (AvgIpc) is 2.83. The molecule has 5 heteroatoms. The van der Waals surface area contributed by atoms with E-state index >= 15 is 0 Å². The third kappa shape index (κ3) is 2.82. The van der Waals surface area contributed by atoms with Crippen molar-refractivity contribution >= 4 is 12.2 Å². The molecule has 0 aromatic carbocycles. The SMILES string of the molecule is CC(C)C(N)(C(C)C)[C@H](N)C(=O)[C@@H]1CCCN1C=O. The molecule has 0 unspecified atom stereocenters. The van der Waals surface area contributed by atoms with Gasteiger partial charge in [-0.1, -0.05) is 27.7 Å². The van der Waals surface area contributed by atoms with Gasteiger partial charge in [-0.15, -0.1) is 0 Å². The number of Topliss-reactive ketones (excluding diaryl/α,β-unsaturated/α-hetero) is 1. The lowest BCUT2D eigenvalue weighted by Crippen LogP contribution is -2.67. The Labute approximate surface area is 115 Å². The van der Waals surface area contributed by atoms with Crippen molar-refractivity contribution in [3.05, 3.63) is 0 Å². The van der Waals surface area contributed by atoms with E-state index in [9.17, 15) is 9.59 Å². The van der Waals surface area contributed by atoms with Crippen LogP contribution in [0.25, 0.3) is 0 Å². The Kier molecular flexibility index (Phi) is 5.10. The topological polar surface area (TPSA) is 89.4 Å². The molecule has 0 radical (unpaired) electrons. The number of likely N-dealkylation sites (tertiary alicyclic amines) is 1. The Hall–Kier alpha value is -0.940. The van der Waals surface area contributed by atoms with Gasteiger partial charge in [0.25, 0.3) is 0 Å². The molecular formula is C14H27N3O2. The fourth-order valence-corrected chi connectivity index (χ4v) is 3.06. The summed E-state index contributed by atoms with van der Waals surface area (Å²) in [5.74, 6) is 0.0876. The summed E-state index contributed by atoms with van der Waals surface area (Å²) < 4.78 is 0. The van der Waals surface area contributed by atoms with E-state index in [0.717, 1.165) is 12.8 Å². The van der Waals surface area contributed by atoms with E-state index in [1.807, 2.05) is 27.7 Å². The van der Waals surface area contributed by atoms with Gasteiger partial charge in [-0.2, -0.15) is 0 Å². The van der Waals surface area contributed by atoms with E-state index in [-0.39, 0.29) is 17.6 Å². The summed E-state index contributed by atoms with van der Waals surface area (Å²) >= 11 is 0. The molecule has 1 saturated heterocycles. The van der Waals surface area contributed by atoms with Gasteiger partial charge in [-0.3, -0.25) is 9.59 Å². The molecule has 110 valence electrons. The summed E-state index contributed by atoms with van der Waals surface area (Å²) in [6, 6.07) is -1.13. The zero-order valence-corrected chi connectivity index (χ0v) is 12.4. The van der Waals surface area contributed by atoms with Crippen LogP contribution in [0.15, 0.2) is 0 Å². The quantitative estimate of drug-likeness (QED) is 0.688. The molecular weight excluding hydrogens is 242 g/mol. The highest BCUT2D eigenvalue weighted by molar-refractivity contribution is 5.91. The van der Waals surface area contributed by atoms with Crippen LogP contribution in [0.3, 0.4) is 0 Å². The highest BCUT2D eigenvalue weighted by Crippen LogP contribution is 2.29. The second kappa shape index (κ2) is 6.01. The number of ketones is 1. The van der Waals surface area contributed by atoms with Crippen molar-refractivity contribution in [2.75, 3.05) is 6.54 Å². The van der Waals surface area contributed by atoms with Crippen molar-refractivity contribution in [1.82, 2.24) is 4.90 Å². The fraction of sp³-hybridized carbons (Fsp3) is 0.857. The van der Waals surface area contributed by atoms with Gasteiger partial charge in [0.15, 0.2) is 5.78 Å². The summed E-state index contributed by atoms with van der Waals surface area (Å²) in [5, 5.41) is 0. The predicted molar refractivity (Wildman–Crippen MR) is 75.4 cm³/mol. The molecule has 1 aliphatic heterocycles. The predicted octanol–water partition coefficient (Wildman–Crippen LogP) is 0.513. The molecule has 0 bridgehead atoms. The third-order valence-corrected chi connectivity index (χ3v) is 4.60. The molecule has 0 aliphatic carbocycles. The maximum atomic E-state index is 12.6. The van der Waals surface area contributed by atoms with E-state index in [0.29, 0.717) is 13.0 Å². The summed E-state index contributed by atoms with van der Waals surface area (Å²) in [5.41, 5.74) is 11.9. The van der Waals surface area contributed by atoms with Gasteiger partial charge >= 0.3 is 0 Å². The number of carbonyl (C=O) groups excluding carboxylic acids is 2. The Morgan fingerprint density at radius 1 is 1.32 bits per heavy atom. The van der Waals surface area contributed by atoms with Crippen molar-refractivity contribution in [2.24, 2.45) is 23.3 Å². The number of nitrogens with two attached hydrogens (primary N) is 2. The van der Waals surface area contributed by atoms with E-state index in [2.05, 4.69) is 0 Å². The number of hydrogen-bond acceptors (Lipinski definition) is 4. The summed E-state index contributed by atoms with van der Waals surface area (Å²) in [4.78, 5) is 25.1. The zero-order chi connectivity index (χ0) is 14.8. The molecule has 1 rings (SSSR count). The van der Waals surface area contributed by atoms with Crippen LogP contribution in [-0.4, -0.2) is 41.3 Å². The van der Waals surface area contributed by atoms with Crippen molar-refractivity contribution in [3.63, 3.8) is 0 Å². The van der Waals surface area contributed by atoms with Crippen LogP contribution in [0.5, 0.6) is 0 Å². The molecule has 1 fully saturated rings. The zero-order valence-electron chi connectivity index (χ0n) is 12.4. The molecule has 0 aromatic rings. The molecule has 1 amide bonds. The molecule has 19 heavy (non-hydrogen) atoms. The average molecular weight is 269 g/mol. The highest BCUT2D eigenvalue weighted by Gasteiger charge is 2.45. The first-order chi connectivity index (χ1) is 8.76. The molecule has 0 spiro atoms. The summed E-state index contributed by atoms with van der Waals surface area (Å²) in [7, 11) is 0. The lowest BCUT2D eigenvalue weighted by molar-refractivity contribution is -0.132. The van der Waals surface area contributed by atoms with Crippen LogP contribution in [0.4, 0.5) is 0 Å². The van der Waals surface area contributed by atoms with Gasteiger partial charge in [0.05, 0.1) is 12.1 Å². The summed E-state index contributed by atoms with van der Waals surface area (Å²) in [6.45, 7) is 8.57. The minimum absolute atomic E-state index is 0.0949.